The van der Waals surface area contributed by atoms with E-state index in [-0.39, 0.29) is 0 Å². The Hall–Kier alpha value is -2.22. The number of aromatic nitrogens is 5. The lowest BCUT2D eigenvalue weighted by molar-refractivity contribution is 0.0875. The van der Waals surface area contributed by atoms with Gasteiger partial charge >= 0.3 is 0 Å². The van der Waals surface area contributed by atoms with Gasteiger partial charge in [0.05, 0.1) is 18.8 Å². The normalized spacial score (nSPS) is 18.1. The van der Waals surface area contributed by atoms with E-state index < -0.39 is 0 Å². The molecule has 8 nitrogen and oxygen atoms in total. The van der Waals surface area contributed by atoms with Crippen LogP contribution in [0.15, 0.2) is 24.8 Å². The summed E-state index contributed by atoms with van der Waals surface area (Å²) in [5, 5.41) is 14.4. The molecule has 0 aliphatic carbocycles. The number of anilines is 2. The summed E-state index contributed by atoms with van der Waals surface area (Å²) in [6.45, 7) is 3.26. The van der Waals surface area contributed by atoms with Gasteiger partial charge in [0.1, 0.15) is 18.0 Å². The maximum atomic E-state index is 5.46. The van der Waals surface area contributed by atoms with Crippen LogP contribution in [0.4, 0.5) is 11.6 Å². The summed E-state index contributed by atoms with van der Waals surface area (Å²) >= 11 is 0. The molecule has 2 aromatic heterocycles. The number of nitrogens with one attached hydrogen (secondary N) is 2. The van der Waals surface area contributed by atoms with Gasteiger partial charge < -0.3 is 15.4 Å². The lowest BCUT2D eigenvalue weighted by atomic mass is 10.1. The second-order valence-corrected chi connectivity index (χ2v) is 5.29. The predicted molar refractivity (Wildman–Crippen MR) is 82.6 cm³/mol. The summed E-state index contributed by atoms with van der Waals surface area (Å²) < 4.78 is 7.28. The molecule has 0 saturated carbocycles. The molecule has 3 heterocycles. The second-order valence-electron chi connectivity index (χ2n) is 5.29. The molecule has 2 aromatic rings. The summed E-state index contributed by atoms with van der Waals surface area (Å²) in [5.74, 6) is 1.66. The van der Waals surface area contributed by atoms with Crippen molar-refractivity contribution in [1.29, 1.82) is 0 Å². The van der Waals surface area contributed by atoms with E-state index in [0.29, 0.717) is 6.04 Å². The Kier molecular flexibility index (Phi) is 5.14. The first-order valence-corrected chi connectivity index (χ1v) is 7.64. The smallest absolute Gasteiger partial charge is 0.131 e. The van der Waals surface area contributed by atoms with Gasteiger partial charge in [0.15, 0.2) is 0 Å². The topological polar surface area (TPSA) is 89.8 Å². The van der Waals surface area contributed by atoms with Crippen LogP contribution in [0.3, 0.4) is 0 Å². The van der Waals surface area contributed by atoms with Gasteiger partial charge in [0.2, 0.25) is 0 Å². The minimum Gasteiger partial charge on any atom is -0.379 e. The molecular formula is C14H21N7O. The van der Waals surface area contributed by atoms with Crippen molar-refractivity contribution in [3.8, 4) is 0 Å². The Balaban J connectivity index is 1.44. The van der Waals surface area contributed by atoms with Crippen LogP contribution in [0.2, 0.25) is 0 Å². The molecule has 8 heteroatoms. The van der Waals surface area contributed by atoms with E-state index in [4.69, 9.17) is 4.74 Å². The summed E-state index contributed by atoms with van der Waals surface area (Å²) in [6.07, 6.45) is 8.28. The Morgan fingerprint density at radius 1 is 1.32 bits per heavy atom. The molecule has 1 saturated heterocycles. The van der Waals surface area contributed by atoms with Crippen LogP contribution in [0.5, 0.6) is 0 Å². The first-order chi connectivity index (χ1) is 10.9. The summed E-state index contributed by atoms with van der Waals surface area (Å²) in [7, 11) is 0. The molecule has 1 atom stereocenters. The van der Waals surface area contributed by atoms with Crippen LogP contribution in [0.1, 0.15) is 19.3 Å². The highest BCUT2D eigenvalue weighted by Crippen LogP contribution is 2.14. The van der Waals surface area contributed by atoms with Crippen LogP contribution >= 0.6 is 0 Å². The molecule has 0 radical (unpaired) electrons. The Bertz CT molecular complexity index is 554. The molecule has 0 amide bonds. The summed E-state index contributed by atoms with van der Waals surface area (Å²) in [6, 6.07) is 2.27. The standard InChI is InChI=1S/C14H21N7O/c1-3-12(10-22-8-1)19-14-9-13(16-11-17-14)15-4-2-6-21-7-5-18-20-21/h5,7,9,11-12H,1-4,6,8,10H2,(H2,15,16,17,19). The van der Waals surface area contributed by atoms with Gasteiger partial charge in [-0.2, -0.15) is 0 Å². The monoisotopic (exact) mass is 303 g/mol. The van der Waals surface area contributed by atoms with Crippen LogP contribution in [0.25, 0.3) is 0 Å². The fraction of sp³-hybridized carbons (Fsp3) is 0.571. The number of aryl methyl sites for hydroxylation is 1. The van der Waals surface area contributed by atoms with Crippen LogP contribution in [0, 0.1) is 0 Å². The molecular weight excluding hydrogens is 282 g/mol. The van der Waals surface area contributed by atoms with E-state index in [0.717, 1.165) is 57.2 Å². The van der Waals surface area contributed by atoms with E-state index in [2.05, 4.69) is 30.9 Å². The van der Waals surface area contributed by atoms with Gasteiger partial charge in [-0.25, -0.2) is 9.97 Å². The first-order valence-electron chi connectivity index (χ1n) is 7.64. The Labute approximate surface area is 129 Å². The van der Waals surface area contributed by atoms with Gasteiger partial charge in [0.25, 0.3) is 0 Å². The highest BCUT2D eigenvalue weighted by molar-refractivity contribution is 5.46. The number of ether oxygens (including phenoxy) is 1. The molecule has 2 N–H and O–H groups in total. The van der Waals surface area contributed by atoms with Crippen molar-refractivity contribution in [2.45, 2.75) is 31.8 Å². The van der Waals surface area contributed by atoms with E-state index in [1.807, 2.05) is 16.9 Å². The van der Waals surface area contributed by atoms with Crippen molar-refractivity contribution in [1.82, 2.24) is 25.0 Å². The molecule has 1 aliphatic rings. The van der Waals surface area contributed by atoms with Gasteiger partial charge in [0, 0.05) is 32.0 Å². The molecule has 1 aliphatic heterocycles. The van der Waals surface area contributed by atoms with Crippen molar-refractivity contribution in [3.63, 3.8) is 0 Å². The van der Waals surface area contributed by atoms with Crippen molar-refractivity contribution in [3.05, 3.63) is 24.8 Å². The van der Waals surface area contributed by atoms with Crippen LogP contribution in [-0.2, 0) is 11.3 Å². The molecule has 3 rings (SSSR count). The zero-order valence-electron chi connectivity index (χ0n) is 12.5. The summed E-state index contributed by atoms with van der Waals surface area (Å²) in [4.78, 5) is 8.50. The minimum absolute atomic E-state index is 0.337. The van der Waals surface area contributed by atoms with E-state index in [1.165, 1.54) is 0 Å². The summed E-state index contributed by atoms with van der Waals surface area (Å²) in [5.41, 5.74) is 0. The van der Waals surface area contributed by atoms with E-state index >= 15 is 0 Å². The number of hydrogen-bond acceptors (Lipinski definition) is 7. The number of rotatable bonds is 7. The molecule has 22 heavy (non-hydrogen) atoms. The lowest BCUT2D eigenvalue weighted by Gasteiger charge is -2.23. The average Bonchev–Trinajstić information content (AvgIpc) is 3.06. The SMILES string of the molecule is c1cn(CCCNc2cc(NC3CCCOC3)ncn2)nn1. The quantitative estimate of drug-likeness (QED) is 0.742. The molecule has 1 unspecified atom stereocenters. The zero-order valence-corrected chi connectivity index (χ0v) is 12.5. The van der Waals surface area contributed by atoms with Crippen molar-refractivity contribution in [2.24, 2.45) is 0 Å². The third kappa shape index (κ3) is 4.39. The van der Waals surface area contributed by atoms with Crippen molar-refractivity contribution < 1.29 is 4.74 Å². The lowest BCUT2D eigenvalue weighted by Crippen LogP contribution is -2.30. The fourth-order valence-corrected chi connectivity index (χ4v) is 2.41. The Morgan fingerprint density at radius 3 is 3.09 bits per heavy atom. The minimum atomic E-state index is 0.337. The fourth-order valence-electron chi connectivity index (χ4n) is 2.41. The second kappa shape index (κ2) is 7.69. The number of hydrogen-bond donors (Lipinski definition) is 2. The van der Waals surface area contributed by atoms with Gasteiger partial charge in [-0.15, -0.1) is 5.10 Å². The Morgan fingerprint density at radius 2 is 2.27 bits per heavy atom. The zero-order chi connectivity index (χ0) is 15.0. The highest BCUT2D eigenvalue weighted by atomic mass is 16.5. The highest BCUT2D eigenvalue weighted by Gasteiger charge is 2.14. The maximum absolute atomic E-state index is 5.46. The third-order valence-corrected chi connectivity index (χ3v) is 3.52. The van der Waals surface area contributed by atoms with E-state index in [1.54, 1.807) is 12.5 Å². The predicted octanol–water partition coefficient (Wildman–Crippen LogP) is 1.16. The van der Waals surface area contributed by atoms with Crippen LogP contribution in [-0.4, -0.2) is 50.8 Å². The van der Waals surface area contributed by atoms with Gasteiger partial charge in [-0.05, 0) is 19.3 Å². The molecule has 118 valence electrons. The maximum Gasteiger partial charge on any atom is 0.131 e. The molecule has 0 spiro atoms. The van der Waals surface area contributed by atoms with Crippen molar-refractivity contribution >= 4 is 11.6 Å². The molecule has 0 aromatic carbocycles. The number of nitrogens with zero attached hydrogens (tertiary/aromatic N) is 5. The van der Waals surface area contributed by atoms with E-state index in [9.17, 15) is 0 Å². The van der Waals surface area contributed by atoms with Crippen molar-refractivity contribution in [2.75, 3.05) is 30.4 Å². The van der Waals surface area contributed by atoms with Crippen LogP contribution < -0.4 is 10.6 Å². The third-order valence-electron chi connectivity index (χ3n) is 3.52. The molecule has 0 bridgehead atoms. The first kappa shape index (κ1) is 14.7. The molecule has 1 fully saturated rings. The van der Waals surface area contributed by atoms with Gasteiger partial charge in [-0.3, -0.25) is 4.68 Å². The average molecular weight is 303 g/mol. The van der Waals surface area contributed by atoms with Gasteiger partial charge in [-0.1, -0.05) is 5.21 Å². The largest absolute Gasteiger partial charge is 0.379 e.